The van der Waals surface area contributed by atoms with E-state index < -0.39 is 32.5 Å². The van der Waals surface area contributed by atoms with Crippen molar-refractivity contribution in [2.75, 3.05) is 47.6 Å². The summed E-state index contributed by atoms with van der Waals surface area (Å²) in [5.74, 6) is -1.69. The summed E-state index contributed by atoms with van der Waals surface area (Å²) in [6.07, 6.45) is 3.09. The molecule has 1 fully saturated rings. The molecule has 1 saturated heterocycles. The number of hydrogen-bond donors (Lipinski definition) is 1. The van der Waals surface area contributed by atoms with Gasteiger partial charge in [-0.2, -0.15) is 0 Å². The van der Waals surface area contributed by atoms with Crippen LogP contribution in [0.5, 0.6) is 5.75 Å². The van der Waals surface area contributed by atoms with Crippen LogP contribution < -0.4 is 19.9 Å². The number of rotatable bonds is 6. The first kappa shape index (κ1) is 27.0. The molecule has 208 valence electrons. The summed E-state index contributed by atoms with van der Waals surface area (Å²) >= 11 is 0. The van der Waals surface area contributed by atoms with Gasteiger partial charge in [-0.1, -0.05) is 0 Å². The Hall–Kier alpha value is -3.54. The molecule has 0 atom stereocenters. The minimum Gasteiger partial charge on any atom is -0.486 e. The van der Waals surface area contributed by atoms with Crippen molar-refractivity contribution in [3.05, 3.63) is 54.0 Å². The summed E-state index contributed by atoms with van der Waals surface area (Å²) in [4.78, 5) is 12.0. The molecule has 8 nitrogen and oxygen atoms in total. The van der Waals surface area contributed by atoms with Crippen molar-refractivity contribution in [3.8, 4) is 17.0 Å². The van der Waals surface area contributed by atoms with E-state index in [-0.39, 0.29) is 29.0 Å². The van der Waals surface area contributed by atoms with Gasteiger partial charge in [0.05, 0.1) is 29.4 Å². The molecule has 39 heavy (non-hydrogen) atoms. The van der Waals surface area contributed by atoms with Crippen LogP contribution in [0.2, 0.25) is 0 Å². The first-order valence-electron chi connectivity index (χ1n) is 12.8. The molecular formula is C27H30F3N5O3S. The number of halogens is 3. The van der Waals surface area contributed by atoms with Crippen LogP contribution in [0.4, 0.5) is 36.2 Å². The highest BCUT2D eigenvalue weighted by atomic mass is 32.2. The van der Waals surface area contributed by atoms with Gasteiger partial charge in [0.15, 0.2) is 17.4 Å². The molecule has 1 N–H and O–H groups in total. The SMILES string of the molecule is CC(C)N1CCOc2c(F)cc(-c3nc(Nc4ccc(N5CCC(S(C)(=O)=O)CC5)c(F)c4)ncc3F)cc21. The van der Waals surface area contributed by atoms with Gasteiger partial charge in [-0.15, -0.1) is 0 Å². The van der Waals surface area contributed by atoms with E-state index in [1.54, 1.807) is 18.2 Å². The van der Waals surface area contributed by atoms with E-state index in [4.69, 9.17) is 4.74 Å². The largest absolute Gasteiger partial charge is 0.486 e. The lowest BCUT2D eigenvalue weighted by Gasteiger charge is -2.34. The summed E-state index contributed by atoms with van der Waals surface area (Å²) < 4.78 is 73.9. The van der Waals surface area contributed by atoms with Gasteiger partial charge < -0.3 is 19.9 Å². The second-order valence-electron chi connectivity index (χ2n) is 10.1. The molecule has 0 saturated carbocycles. The van der Waals surface area contributed by atoms with E-state index in [9.17, 15) is 17.2 Å². The van der Waals surface area contributed by atoms with E-state index in [1.165, 1.54) is 18.4 Å². The van der Waals surface area contributed by atoms with Crippen LogP contribution in [-0.4, -0.2) is 62.2 Å². The molecule has 0 bridgehead atoms. The first-order chi connectivity index (χ1) is 18.5. The van der Waals surface area contributed by atoms with Crippen molar-refractivity contribution in [3.63, 3.8) is 0 Å². The predicted molar refractivity (Wildman–Crippen MR) is 145 cm³/mol. The number of anilines is 4. The Morgan fingerprint density at radius 3 is 2.41 bits per heavy atom. The van der Waals surface area contributed by atoms with Crippen LogP contribution >= 0.6 is 0 Å². The standard InChI is InChI=1S/C27H30F3N5O3S/c1-16(2)35-10-11-38-26-21(29)12-17(13-24(26)35)25-22(30)15-31-27(33-25)32-18-4-5-23(20(28)14-18)34-8-6-19(7-9-34)39(3,36)37/h4-5,12-16,19H,6-11H2,1-3H3,(H,31,32,33). The summed E-state index contributed by atoms with van der Waals surface area (Å²) in [7, 11) is -3.12. The van der Waals surface area contributed by atoms with Gasteiger partial charge in [-0.25, -0.2) is 31.6 Å². The lowest BCUT2D eigenvalue weighted by molar-refractivity contribution is 0.287. The van der Waals surface area contributed by atoms with Crippen LogP contribution in [0.25, 0.3) is 11.3 Å². The van der Waals surface area contributed by atoms with Crippen LogP contribution in [0.3, 0.4) is 0 Å². The lowest BCUT2D eigenvalue weighted by atomic mass is 10.1. The third-order valence-electron chi connectivity index (χ3n) is 7.14. The third kappa shape index (κ3) is 5.61. The number of hydrogen-bond acceptors (Lipinski definition) is 8. The van der Waals surface area contributed by atoms with Gasteiger partial charge >= 0.3 is 0 Å². The quantitative estimate of drug-likeness (QED) is 0.454. The van der Waals surface area contributed by atoms with Crippen LogP contribution in [0, 0.1) is 17.5 Å². The first-order valence-corrected chi connectivity index (χ1v) is 14.7. The second-order valence-corrected chi connectivity index (χ2v) is 12.5. The number of aromatic nitrogens is 2. The summed E-state index contributed by atoms with van der Waals surface area (Å²) in [6, 6.07) is 7.43. The van der Waals surface area contributed by atoms with Crippen molar-refractivity contribution in [2.45, 2.75) is 38.0 Å². The fourth-order valence-electron chi connectivity index (χ4n) is 5.10. The minimum absolute atomic E-state index is 0.0163. The molecule has 3 aromatic rings. The monoisotopic (exact) mass is 561 g/mol. The number of ether oxygens (including phenoxy) is 1. The van der Waals surface area contributed by atoms with Crippen LogP contribution in [0.1, 0.15) is 26.7 Å². The molecule has 0 radical (unpaired) electrons. The lowest BCUT2D eigenvalue weighted by Crippen LogP contribution is -2.39. The number of benzene rings is 2. The zero-order valence-electron chi connectivity index (χ0n) is 21.9. The van der Waals surface area contributed by atoms with Crippen molar-refractivity contribution in [2.24, 2.45) is 0 Å². The second kappa shape index (κ2) is 10.6. The van der Waals surface area contributed by atoms with E-state index in [1.807, 2.05) is 23.6 Å². The molecule has 3 heterocycles. The van der Waals surface area contributed by atoms with Gasteiger partial charge in [0.2, 0.25) is 5.95 Å². The highest BCUT2D eigenvalue weighted by Crippen LogP contribution is 2.39. The summed E-state index contributed by atoms with van der Waals surface area (Å²) in [5.41, 5.74) is 1.36. The number of sulfone groups is 1. The molecular weight excluding hydrogens is 531 g/mol. The molecule has 2 aliphatic heterocycles. The van der Waals surface area contributed by atoms with Gasteiger partial charge in [-0.3, -0.25) is 0 Å². The highest BCUT2D eigenvalue weighted by Gasteiger charge is 2.28. The topological polar surface area (TPSA) is 87.7 Å². The Labute approximate surface area is 225 Å². The maximum atomic E-state index is 15.0. The Balaban J connectivity index is 1.37. The van der Waals surface area contributed by atoms with Gasteiger partial charge in [-0.05, 0) is 57.0 Å². The summed E-state index contributed by atoms with van der Waals surface area (Å²) in [5, 5.41) is 2.48. The van der Waals surface area contributed by atoms with Gasteiger partial charge in [0, 0.05) is 36.6 Å². The highest BCUT2D eigenvalue weighted by molar-refractivity contribution is 7.91. The smallest absolute Gasteiger partial charge is 0.227 e. The van der Waals surface area contributed by atoms with E-state index in [2.05, 4.69) is 15.3 Å². The van der Waals surface area contributed by atoms with Crippen molar-refractivity contribution in [1.82, 2.24) is 9.97 Å². The van der Waals surface area contributed by atoms with Crippen molar-refractivity contribution in [1.29, 1.82) is 0 Å². The molecule has 5 rings (SSSR count). The molecule has 0 aliphatic carbocycles. The van der Waals surface area contributed by atoms with E-state index in [0.717, 1.165) is 6.20 Å². The molecule has 1 aromatic heterocycles. The van der Waals surface area contributed by atoms with Gasteiger partial charge in [0.25, 0.3) is 0 Å². The van der Waals surface area contributed by atoms with E-state index >= 15 is 4.39 Å². The molecule has 2 aromatic carbocycles. The fourth-order valence-corrected chi connectivity index (χ4v) is 6.17. The normalized spacial score (nSPS) is 16.3. The maximum Gasteiger partial charge on any atom is 0.227 e. The Kier molecular flexibility index (Phi) is 7.32. The van der Waals surface area contributed by atoms with E-state index in [0.29, 0.717) is 56.1 Å². The Morgan fingerprint density at radius 2 is 1.74 bits per heavy atom. The Bertz CT molecular complexity index is 1490. The van der Waals surface area contributed by atoms with Crippen LogP contribution in [-0.2, 0) is 9.84 Å². The van der Waals surface area contributed by atoms with Crippen molar-refractivity contribution >= 4 is 32.8 Å². The van der Waals surface area contributed by atoms with Crippen LogP contribution in [0.15, 0.2) is 36.5 Å². The molecule has 12 heteroatoms. The number of nitrogens with one attached hydrogen (secondary N) is 1. The average Bonchev–Trinajstić information content (AvgIpc) is 2.89. The maximum absolute atomic E-state index is 15.0. The predicted octanol–water partition coefficient (Wildman–Crippen LogP) is 4.93. The third-order valence-corrected chi connectivity index (χ3v) is 8.83. The molecule has 0 spiro atoms. The zero-order chi connectivity index (χ0) is 27.9. The number of fused-ring (bicyclic) bond motifs is 1. The summed E-state index contributed by atoms with van der Waals surface area (Å²) in [6.45, 7) is 5.75. The molecule has 2 aliphatic rings. The van der Waals surface area contributed by atoms with Gasteiger partial charge in [0.1, 0.15) is 28.0 Å². The number of piperidine rings is 1. The number of nitrogens with zero attached hydrogens (tertiary/aromatic N) is 4. The molecule has 0 amide bonds. The Morgan fingerprint density at radius 1 is 1.00 bits per heavy atom. The van der Waals surface area contributed by atoms with Crippen molar-refractivity contribution < 1.29 is 26.3 Å². The fraction of sp³-hybridized carbons (Fsp3) is 0.407. The average molecular weight is 562 g/mol. The minimum atomic E-state index is -3.12. The zero-order valence-corrected chi connectivity index (χ0v) is 22.7. The molecule has 0 unspecified atom stereocenters.